The van der Waals surface area contributed by atoms with Crippen LogP contribution in [-0.4, -0.2) is 20.3 Å². The van der Waals surface area contributed by atoms with Gasteiger partial charge in [0.1, 0.15) is 0 Å². The third-order valence-electron chi connectivity index (χ3n) is 2.46. The Hall–Kier alpha value is -0.930. The fourth-order valence-corrected chi connectivity index (χ4v) is 2.08. The summed E-state index contributed by atoms with van der Waals surface area (Å²) in [5.74, 6) is 1.23. The molecule has 16 heavy (non-hydrogen) atoms. The number of nitrogens with two attached hydrogens (primary N) is 1. The molecule has 0 aliphatic carbocycles. The Morgan fingerprint density at radius 1 is 1.38 bits per heavy atom. The van der Waals surface area contributed by atoms with Gasteiger partial charge in [0.2, 0.25) is 0 Å². The van der Waals surface area contributed by atoms with E-state index in [1.165, 1.54) is 0 Å². The molecule has 0 aliphatic rings. The third-order valence-corrected chi connectivity index (χ3v) is 2.86. The van der Waals surface area contributed by atoms with Crippen LogP contribution in [0.5, 0.6) is 11.5 Å². The summed E-state index contributed by atoms with van der Waals surface area (Å²) in [6, 6.07) is 1.98. The first-order valence-electron chi connectivity index (χ1n) is 5.16. The van der Waals surface area contributed by atoms with E-state index in [9.17, 15) is 0 Å². The highest BCUT2D eigenvalue weighted by atomic mass is 35.5. The first-order valence-corrected chi connectivity index (χ1v) is 5.54. The summed E-state index contributed by atoms with van der Waals surface area (Å²) in [7, 11) is 3.17. The van der Waals surface area contributed by atoms with E-state index in [1.807, 2.05) is 19.9 Å². The molecule has 0 heterocycles. The molecule has 0 aliphatic heterocycles. The molecule has 1 rings (SSSR count). The van der Waals surface area contributed by atoms with Gasteiger partial charge in [0.15, 0.2) is 11.5 Å². The van der Waals surface area contributed by atoms with Crippen LogP contribution in [0.15, 0.2) is 6.07 Å². The van der Waals surface area contributed by atoms with Crippen LogP contribution >= 0.6 is 11.6 Å². The first-order chi connectivity index (χ1) is 7.51. The molecule has 4 heteroatoms. The molecule has 0 fully saturated rings. The van der Waals surface area contributed by atoms with Crippen molar-refractivity contribution >= 4 is 11.6 Å². The molecule has 0 saturated heterocycles. The summed E-state index contributed by atoms with van der Waals surface area (Å²) in [6.07, 6.45) is 0.727. The zero-order valence-corrected chi connectivity index (χ0v) is 10.9. The van der Waals surface area contributed by atoms with Crippen molar-refractivity contribution in [2.75, 3.05) is 14.2 Å². The van der Waals surface area contributed by atoms with Crippen LogP contribution in [0, 0.1) is 6.92 Å². The Morgan fingerprint density at radius 2 is 2.00 bits per heavy atom. The van der Waals surface area contributed by atoms with Gasteiger partial charge in [0.05, 0.1) is 19.2 Å². The highest BCUT2D eigenvalue weighted by molar-refractivity contribution is 6.33. The third kappa shape index (κ3) is 2.60. The molecule has 1 aromatic rings. The monoisotopic (exact) mass is 243 g/mol. The molecule has 2 N–H and O–H groups in total. The summed E-state index contributed by atoms with van der Waals surface area (Å²) < 4.78 is 10.5. The average Bonchev–Trinajstić information content (AvgIpc) is 2.23. The minimum absolute atomic E-state index is 0.0642. The number of ether oxygens (including phenoxy) is 2. The van der Waals surface area contributed by atoms with Crippen molar-refractivity contribution in [1.82, 2.24) is 0 Å². The first kappa shape index (κ1) is 13.1. The standard InChI is InChI=1S/C12H18ClNO2/c1-7-5-10(15-3)12(16-4)11(13)9(7)6-8(2)14/h5,8H,6,14H2,1-4H3. The molecule has 0 amide bonds. The molecule has 3 nitrogen and oxygen atoms in total. The largest absolute Gasteiger partial charge is 0.493 e. The van der Waals surface area contributed by atoms with E-state index in [2.05, 4.69) is 0 Å². The molecule has 0 saturated carbocycles. The minimum Gasteiger partial charge on any atom is -0.493 e. The predicted molar refractivity (Wildman–Crippen MR) is 66.6 cm³/mol. The molecular formula is C12H18ClNO2. The Kier molecular flexibility index (Phi) is 4.44. The summed E-state index contributed by atoms with van der Waals surface area (Å²) in [5.41, 5.74) is 7.89. The minimum atomic E-state index is 0.0642. The lowest BCUT2D eigenvalue weighted by Crippen LogP contribution is -2.18. The van der Waals surface area contributed by atoms with E-state index in [1.54, 1.807) is 14.2 Å². The molecule has 0 spiro atoms. The van der Waals surface area contributed by atoms with Crippen molar-refractivity contribution in [2.24, 2.45) is 5.73 Å². The van der Waals surface area contributed by atoms with Gasteiger partial charge in [0.25, 0.3) is 0 Å². The topological polar surface area (TPSA) is 44.5 Å². The van der Waals surface area contributed by atoms with Crippen LogP contribution in [0.2, 0.25) is 5.02 Å². The molecule has 1 unspecified atom stereocenters. The van der Waals surface area contributed by atoms with E-state index in [-0.39, 0.29) is 6.04 Å². The number of methoxy groups -OCH3 is 2. The molecule has 0 bridgehead atoms. The molecule has 0 aromatic heterocycles. The Morgan fingerprint density at radius 3 is 2.44 bits per heavy atom. The van der Waals surface area contributed by atoms with Gasteiger partial charge < -0.3 is 15.2 Å². The van der Waals surface area contributed by atoms with Gasteiger partial charge in [0, 0.05) is 6.04 Å². The normalized spacial score (nSPS) is 12.4. The SMILES string of the molecule is COc1cc(C)c(CC(C)N)c(Cl)c1OC. The summed E-state index contributed by atoms with van der Waals surface area (Å²) in [5, 5.41) is 0.594. The molecule has 90 valence electrons. The summed E-state index contributed by atoms with van der Waals surface area (Å²) in [6.45, 7) is 3.94. The van der Waals surface area contributed by atoms with Gasteiger partial charge in [-0.15, -0.1) is 0 Å². The molecular weight excluding hydrogens is 226 g/mol. The zero-order chi connectivity index (χ0) is 12.3. The van der Waals surface area contributed by atoms with Gasteiger partial charge >= 0.3 is 0 Å². The van der Waals surface area contributed by atoms with Crippen LogP contribution in [0.25, 0.3) is 0 Å². The van der Waals surface area contributed by atoms with Gasteiger partial charge in [-0.2, -0.15) is 0 Å². The summed E-state index contributed by atoms with van der Waals surface area (Å²) in [4.78, 5) is 0. The smallest absolute Gasteiger partial charge is 0.179 e. The predicted octanol–water partition coefficient (Wildman–Crippen LogP) is 2.56. The van der Waals surface area contributed by atoms with E-state index in [0.29, 0.717) is 16.5 Å². The lowest BCUT2D eigenvalue weighted by atomic mass is 10.0. The summed E-state index contributed by atoms with van der Waals surface area (Å²) >= 11 is 6.28. The van der Waals surface area contributed by atoms with Crippen LogP contribution in [-0.2, 0) is 6.42 Å². The van der Waals surface area contributed by atoms with Crippen LogP contribution < -0.4 is 15.2 Å². The Bertz CT molecular complexity index is 378. The highest BCUT2D eigenvalue weighted by Gasteiger charge is 2.16. The van der Waals surface area contributed by atoms with Gasteiger partial charge in [-0.05, 0) is 37.5 Å². The molecule has 1 atom stereocenters. The average molecular weight is 244 g/mol. The van der Waals surface area contributed by atoms with Crippen LogP contribution in [0.1, 0.15) is 18.1 Å². The van der Waals surface area contributed by atoms with Crippen molar-refractivity contribution in [3.63, 3.8) is 0 Å². The second-order valence-corrected chi connectivity index (χ2v) is 4.28. The number of benzene rings is 1. The fourth-order valence-electron chi connectivity index (χ4n) is 1.68. The second-order valence-electron chi connectivity index (χ2n) is 3.90. The van der Waals surface area contributed by atoms with Gasteiger partial charge in [-0.3, -0.25) is 0 Å². The lowest BCUT2D eigenvalue weighted by molar-refractivity contribution is 0.354. The number of halogens is 1. The van der Waals surface area contributed by atoms with Crippen LogP contribution in [0.3, 0.4) is 0 Å². The highest BCUT2D eigenvalue weighted by Crippen LogP contribution is 2.39. The fraction of sp³-hybridized carbons (Fsp3) is 0.500. The lowest BCUT2D eigenvalue weighted by Gasteiger charge is -2.16. The Labute approximate surface area is 101 Å². The van der Waals surface area contributed by atoms with E-state index >= 15 is 0 Å². The van der Waals surface area contributed by atoms with Crippen LogP contribution in [0.4, 0.5) is 0 Å². The maximum absolute atomic E-state index is 6.28. The van der Waals surface area contributed by atoms with E-state index < -0.39 is 0 Å². The quantitative estimate of drug-likeness (QED) is 0.884. The van der Waals surface area contributed by atoms with Crippen molar-refractivity contribution in [1.29, 1.82) is 0 Å². The van der Waals surface area contributed by atoms with Gasteiger partial charge in [-0.1, -0.05) is 11.6 Å². The van der Waals surface area contributed by atoms with Gasteiger partial charge in [-0.25, -0.2) is 0 Å². The maximum Gasteiger partial charge on any atom is 0.179 e. The Balaban J connectivity index is 3.29. The number of hydrogen-bond acceptors (Lipinski definition) is 3. The molecule has 1 aromatic carbocycles. The van der Waals surface area contributed by atoms with E-state index in [0.717, 1.165) is 17.5 Å². The molecule has 0 radical (unpaired) electrons. The number of hydrogen-bond donors (Lipinski definition) is 1. The zero-order valence-electron chi connectivity index (χ0n) is 10.1. The number of rotatable bonds is 4. The van der Waals surface area contributed by atoms with Crippen molar-refractivity contribution < 1.29 is 9.47 Å². The maximum atomic E-state index is 6.28. The van der Waals surface area contributed by atoms with Crippen molar-refractivity contribution in [2.45, 2.75) is 26.3 Å². The van der Waals surface area contributed by atoms with Crippen molar-refractivity contribution in [3.8, 4) is 11.5 Å². The van der Waals surface area contributed by atoms with E-state index in [4.69, 9.17) is 26.8 Å². The second kappa shape index (κ2) is 5.41. The van der Waals surface area contributed by atoms with Crippen molar-refractivity contribution in [3.05, 3.63) is 22.2 Å². The number of aryl methyl sites for hydroxylation is 1.